The Morgan fingerprint density at radius 2 is 1.86 bits per heavy atom. The number of rotatable bonds is 2. The number of hydrogen-bond acceptors (Lipinski definition) is 5. The summed E-state index contributed by atoms with van der Waals surface area (Å²) in [5.41, 5.74) is -0.310. The minimum absolute atomic E-state index is 0.154. The van der Waals surface area contributed by atoms with E-state index in [0.717, 1.165) is 12.1 Å². The Balaban J connectivity index is 1.82. The van der Waals surface area contributed by atoms with Crippen LogP contribution in [0.2, 0.25) is 0 Å². The highest BCUT2D eigenvalue weighted by atomic mass is 19.4. The first-order valence-electron chi connectivity index (χ1n) is 9.31. The Kier molecular flexibility index (Phi) is 6.51. The molecule has 29 heavy (non-hydrogen) atoms. The molecule has 2 fully saturated rings. The second kappa shape index (κ2) is 8.89. The summed E-state index contributed by atoms with van der Waals surface area (Å²) in [6.07, 6.45) is -5.74. The summed E-state index contributed by atoms with van der Waals surface area (Å²) in [5.74, 6) is -0.411. The molecule has 0 radical (unpaired) electrons. The van der Waals surface area contributed by atoms with Gasteiger partial charge in [0, 0.05) is 25.6 Å². The zero-order valence-corrected chi connectivity index (χ0v) is 16.0. The first-order valence-corrected chi connectivity index (χ1v) is 9.31. The molecule has 2 aliphatic rings. The predicted molar refractivity (Wildman–Crippen MR) is 95.4 cm³/mol. The number of likely N-dealkylation sites (tertiary alicyclic amines) is 1. The molecule has 2 amide bonds. The van der Waals surface area contributed by atoms with Crippen LogP contribution in [0.5, 0.6) is 0 Å². The first kappa shape index (κ1) is 21.2. The van der Waals surface area contributed by atoms with Crippen molar-refractivity contribution >= 4 is 12.2 Å². The second-order valence-corrected chi connectivity index (χ2v) is 7.04. The van der Waals surface area contributed by atoms with Crippen LogP contribution < -0.4 is 0 Å². The van der Waals surface area contributed by atoms with E-state index in [4.69, 9.17) is 9.47 Å². The number of morpholine rings is 1. The van der Waals surface area contributed by atoms with Crippen molar-refractivity contribution in [3.8, 4) is 0 Å². The van der Waals surface area contributed by atoms with Crippen molar-refractivity contribution in [2.45, 2.75) is 24.6 Å². The molecule has 1 aromatic rings. The highest BCUT2D eigenvalue weighted by Crippen LogP contribution is 2.34. The van der Waals surface area contributed by atoms with E-state index in [9.17, 15) is 22.8 Å². The summed E-state index contributed by atoms with van der Waals surface area (Å²) < 4.78 is 54.3. The lowest BCUT2D eigenvalue weighted by molar-refractivity contribution is -0.137. The molecule has 7 nitrogen and oxygen atoms in total. The molecule has 0 saturated carbocycles. The third-order valence-corrected chi connectivity index (χ3v) is 5.08. The van der Waals surface area contributed by atoms with E-state index in [1.54, 1.807) is 11.0 Å². The van der Waals surface area contributed by atoms with Gasteiger partial charge in [0.25, 0.3) is 0 Å². The molecule has 0 aliphatic carbocycles. The molecule has 2 unspecified atom stereocenters. The minimum Gasteiger partial charge on any atom is -0.438 e. The first-order chi connectivity index (χ1) is 13.8. The van der Waals surface area contributed by atoms with Gasteiger partial charge in [0.05, 0.1) is 32.4 Å². The van der Waals surface area contributed by atoms with Crippen molar-refractivity contribution in [3.63, 3.8) is 0 Å². The standard InChI is InChI=1S/C19H23F3N2O5/c1-27-18(26)29-16-10-14(13-3-2-4-15(9-13)19(20,21)22)11-24(12-16)17(25)23-5-7-28-8-6-23/h2-4,9,14,16H,5-8,10-12H2,1H3. The van der Waals surface area contributed by atoms with Gasteiger partial charge in [-0.2, -0.15) is 13.2 Å². The molecule has 3 rings (SSSR count). The Labute approximate surface area is 166 Å². The number of hydrogen-bond donors (Lipinski definition) is 0. The van der Waals surface area contributed by atoms with Gasteiger partial charge in [0.1, 0.15) is 6.10 Å². The van der Waals surface area contributed by atoms with Crippen LogP contribution >= 0.6 is 0 Å². The van der Waals surface area contributed by atoms with Gasteiger partial charge in [0.2, 0.25) is 0 Å². The van der Waals surface area contributed by atoms with Crippen molar-refractivity contribution in [2.75, 3.05) is 46.5 Å². The molecule has 10 heteroatoms. The Bertz CT molecular complexity index is 737. The smallest absolute Gasteiger partial charge is 0.438 e. The normalized spacial score (nSPS) is 22.9. The van der Waals surface area contributed by atoms with Gasteiger partial charge >= 0.3 is 18.4 Å². The average molecular weight is 416 g/mol. The van der Waals surface area contributed by atoms with Gasteiger partial charge in [0.15, 0.2) is 0 Å². The number of benzene rings is 1. The van der Waals surface area contributed by atoms with E-state index in [2.05, 4.69) is 4.74 Å². The number of amides is 2. The molecular formula is C19H23F3N2O5. The molecular weight excluding hydrogens is 393 g/mol. The number of halogens is 3. The van der Waals surface area contributed by atoms with E-state index in [1.165, 1.54) is 18.1 Å². The molecule has 2 aliphatic heterocycles. The second-order valence-electron chi connectivity index (χ2n) is 7.04. The van der Waals surface area contributed by atoms with Gasteiger partial charge in [-0.1, -0.05) is 18.2 Å². The maximum Gasteiger partial charge on any atom is 0.508 e. The van der Waals surface area contributed by atoms with Gasteiger partial charge in [-0.05, 0) is 18.1 Å². The third kappa shape index (κ3) is 5.31. The molecule has 0 aromatic heterocycles. The Morgan fingerprint density at radius 3 is 2.52 bits per heavy atom. The lowest BCUT2D eigenvalue weighted by atomic mass is 9.88. The quantitative estimate of drug-likeness (QED) is 0.693. The van der Waals surface area contributed by atoms with Crippen LogP contribution in [-0.2, 0) is 20.4 Å². The molecule has 0 N–H and O–H groups in total. The molecule has 1 aromatic carbocycles. The maximum atomic E-state index is 13.1. The molecule has 2 heterocycles. The summed E-state index contributed by atoms with van der Waals surface area (Å²) in [7, 11) is 1.17. The summed E-state index contributed by atoms with van der Waals surface area (Å²) in [5, 5.41) is 0. The fraction of sp³-hybridized carbons (Fsp3) is 0.579. The molecule has 2 saturated heterocycles. The summed E-state index contributed by atoms with van der Waals surface area (Å²) >= 11 is 0. The number of carbonyl (C=O) groups excluding carboxylic acids is 2. The molecule has 2 atom stereocenters. The summed E-state index contributed by atoms with van der Waals surface area (Å²) in [6.45, 7) is 2.12. The Hall–Kier alpha value is -2.49. The maximum absolute atomic E-state index is 13.1. The monoisotopic (exact) mass is 416 g/mol. The zero-order valence-electron chi connectivity index (χ0n) is 16.0. The number of carbonyl (C=O) groups is 2. The van der Waals surface area contributed by atoms with Crippen LogP contribution in [0.4, 0.5) is 22.8 Å². The Morgan fingerprint density at radius 1 is 1.14 bits per heavy atom. The molecule has 0 spiro atoms. The summed E-state index contributed by atoms with van der Waals surface area (Å²) in [4.78, 5) is 27.6. The van der Waals surface area contributed by atoms with Gasteiger partial charge < -0.3 is 24.0 Å². The summed E-state index contributed by atoms with van der Waals surface area (Å²) in [6, 6.07) is 4.78. The average Bonchev–Trinajstić information content (AvgIpc) is 2.73. The van der Waals surface area contributed by atoms with Gasteiger partial charge in [-0.15, -0.1) is 0 Å². The van der Waals surface area contributed by atoms with Crippen molar-refractivity contribution in [3.05, 3.63) is 35.4 Å². The number of alkyl halides is 3. The SMILES string of the molecule is COC(=O)OC1CC(c2cccc(C(F)(F)F)c2)CN(C(=O)N2CCOCC2)C1. The van der Waals surface area contributed by atoms with Crippen molar-refractivity contribution < 1.29 is 37.0 Å². The minimum atomic E-state index is -4.46. The van der Waals surface area contributed by atoms with E-state index >= 15 is 0 Å². The fourth-order valence-electron chi connectivity index (χ4n) is 3.64. The van der Waals surface area contributed by atoms with Crippen LogP contribution in [-0.4, -0.2) is 74.6 Å². The zero-order chi connectivity index (χ0) is 21.0. The predicted octanol–water partition coefficient (Wildman–Crippen LogP) is 3.10. The van der Waals surface area contributed by atoms with Gasteiger partial charge in [-0.25, -0.2) is 9.59 Å². The van der Waals surface area contributed by atoms with E-state index < -0.39 is 29.9 Å². The van der Waals surface area contributed by atoms with Crippen LogP contribution in [0, 0.1) is 0 Å². The van der Waals surface area contributed by atoms with Crippen molar-refractivity contribution in [2.24, 2.45) is 0 Å². The lowest BCUT2D eigenvalue weighted by Crippen LogP contribution is -2.54. The van der Waals surface area contributed by atoms with Gasteiger partial charge in [-0.3, -0.25) is 0 Å². The number of piperidine rings is 1. The highest BCUT2D eigenvalue weighted by molar-refractivity contribution is 5.75. The largest absolute Gasteiger partial charge is 0.508 e. The molecule has 160 valence electrons. The van der Waals surface area contributed by atoms with E-state index in [0.29, 0.717) is 38.3 Å². The van der Waals surface area contributed by atoms with Crippen LogP contribution in [0.15, 0.2) is 24.3 Å². The number of methoxy groups -OCH3 is 1. The number of ether oxygens (including phenoxy) is 3. The van der Waals surface area contributed by atoms with Crippen LogP contribution in [0.25, 0.3) is 0 Å². The lowest BCUT2D eigenvalue weighted by Gasteiger charge is -2.40. The van der Waals surface area contributed by atoms with Crippen LogP contribution in [0.3, 0.4) is 0 Å². The topological polar surface area (TPSA) is 68.3 Å². The fourth-order valence-corrected chi connectivity index (χ4v) is 3.64. The molecule has 0 bridgehead atoms. The highest BCUT2D eigenvalue weighted by Gasteiger charge is 2.37. The number of nitrogens with zero attached hydrogens (tertiary/aromatic N) is 2. The van der Waals surface area contributed by atoms with E-state index in [1.807, 2.05) is 0 Å². The van der Waals surface area contributed by atoms with E-state index in [-0.39, 0.29) is 19.1 Å². The number of urea groups is 1. The van der Waals surface area contributed by atoms with Crippen LogP contribution in [0.1, 0.15) is 23.5 Å². The third-order valence-electron chi connectivity index (χ3n) is 5.08. The van der Waals surface area contributed by atoms with Crippen molar-refractivity contribution in [1.82, 2.24) is 9.80 Å². The van der Waals surface area contributed by atoms with Crippen molar-refractivity contribution in [1.29, 1.82) is 0 Å².